The van der Waals surface area contributed by atoms with Crippen molar-refractivity contribution in [2.45, 2.75) is 26.0 Å². The summed E-state index contributed by atoms with van der Waals surface area (Å²) in [6, 6.07) is 4.82. The molecule has 0 spiro atoms. The maximum atomic E-state index is 13.7. The fraction of sp³-hybridized carbons (Fsp3) is 0.308. The van der Waals surface area contributed by atoms with Crippen molar-refractivity contribution in [2.24, 2.45) is 0 Å². The van der Waals surface area contributed by atoms with Crippen LogP contribution in [0.4, 0.5) is 4.39 Å². The van der Waals surface area contributed by atoms with Crippen LogP contribution < -0.4 is 0 Å². The van der Waals surface area contributed by atoms with Crippen LogP contribution in [-0.2, 0) is 6.54 Å². The molecule has 0 saturated heterocycles. The van der Waals surface area contributed by atoms with E-state index in [2.05, 4.69) is 20.9 Å². The van der Waals surface area contributed by atoms with Crippen LogP contribution in [0.1, 0.15) is 30.8 Å². The van der Waals surface area contributed by atoms with Gasteiger partial charge in [-0.05, 0) is 24.6 Å². The minimum atomic E-state index is -0.616. The van der Waals surface area contributed by atoms with Crippen LogP contribution in [0.15, 0.2) is 35.1 Å². The maximum absolute atomic E-state index is 13.7. The van der Waals surface area contributed by atoms with Gasteiger partial charge in [0, 0.05) is 22.4 Å². The lowest BCUT2D eigenvalue weighted by Gasteiger charge is -2.12. The quantitative estimate of drug-likeness (QED) is 0.941. The molecular formula is C13H14BrFN2O. The predicted molar refractivity (Wildman–Crippen MR) is 70.7 cm³/mol. The lowest BCUT2D eigenvalue weighted by molar-refractivity contribution is 0.159. The van der Waals surface area contributed by atoms with Gasteiger partial charge in [-0.15, -0.1) is 0 Å². The Labute approximate surface area is 113 Å². The summed E-state index contributed by atoms with van der Waals surface area (Å²) in [5.41, 5.74) is 0.562. The minimum Gasteiger partial charge on any atom is -0.385 e. The molecule has 0 saturated carbocycles. The van der Waals surface area contributed by atoms with Gasteiger partial charge in [-0.25, -0.2) is 9.37 Å². The second-order valence-electron chi connectivity index (χ2n) is 4.07. The third-order valence-electron chi connectivity index (χ3n) is 2.78. The van der Waals surface area contributed by atoms with Gasteiger partial charge in [-0.3, -0.25) is 0 Å². The highest BCUT2D eigenvalue weighted by Gasteiger charge is 2.13. The van der Waals surface area contributed by atoms with E-state index in [0.29, 0.717) is 24.4 Å². The van der Waals surface area contributed by atoms with Crippen molar-refractivity contribution >= 4 is 15.9 Å². The van der Waals surface area contributed by atoms with E-state index in [1.165, 1.54) is 6.07 Å². The van der Waals surface area contributed by atoms with E-state index in [4.69, 9.17) is 0 Å². The summed E-state index contributed by atoms with van der Waals surface area (Å²) in [5.74, 6) is 0.306. The summed E-state index contributed by atoms with van der Waals surface area (Å²) in [7, 11) is 0. The molecule has 0 aliphatic rings. The first-order valence-electron chi connectivity index (χ1n) is 5.74. The highest BCUT2D eigenvalue weighted by Crippen LogP contribution is 2.19. The number of imidazole rings is 1. The molecule has 0 unspecified atom stereocenters. The largest absolute Gasteiger partial charge is 0.385 e. The molecule has 1 aromatic heterocycles. The molecule has 1 N–H and O–H groups in total. The summed E-state index contributed by atoms with van der Waals surface area (Å²) in [6.07, 6.45) is 3.33. The van der Waals surface area contributed by atoms with Crippen LogP contribution >= 0.6 is 15.9 Å². The smallest absolute Gasteiger partial charge is 0.137 e. The van der Waals surface area contributed by atoms with Gasteiger partial charge in [0.2, 0.25) is 0 Å². The van der Waals surface area contributed by atoms with Crippen LogP contribution in [0.5, 0.6) is 0 Å². The molecule has 1 atom stereocenters. The SMILES string of the molecule is CC[C@H](O)c1nccn1Cc1cc(Br)ccc1F. The van der Waals surface area contributed by atoms with Crippen molar-refractivity contribution in [3.05, 3.63) is 52.3 Å². The van der Waals surface area contributed by atoms with E-state index in [9.17, 15) is 9.50 Å². The van der Waals surface area contributed by atoms with E-state index < -0.39 is 6.10 Å². The molecule has 18 heavy (non-hydrogen) atoms. The van der Waals surface area contributed by atoms with Crippen molar-refractivity contribution in [3.8, 4) is 0 Å². The van der Waals surface area contributed by atoms with Crippen molar-refractivity contribution < 1.29 is 9.50 Å². The molecule has 0 fully saturated rings. The van der Waals surface area contributed by atoms with E-state index in [1.54, 1.807) is 29.1 Å². The number of aromatic nitrogens is 2. The highest BCUT2D eigenvalue weighted by atomic mass is 79.9. The molecule has 1 heterocycles. The Morgan fingerprint density at radius 2 is 2.28 bits per heavy atom. The first kappa shape index (κ1) is 13.2. The Balaban J connectivity index is 2.29. The predicted octanol–water partition coefficient (Wildman–Crippen LogP) is 3.28. The second kappa shape index (κ2) is 5.63. The molecule has 0 radical (unpaired) electrons. The summed E-state index contributed by atoms with van der Waals surface area (Å²) in [5, 5.41) is 9.81. The van der Waals surface area contributed by atoms with Gasteiger partial charge in [-0.2, -0.15) is 0 Å². The first-order valence-corrected chi connectivity index (χ1v) is 6.54. The Bertz CT molecular complexity index is 542. The normalized spacial score (nSPS) is 12.7. The van der Waals surface area contributed by atoms with Gasteiger partial charge >= 0.3 is 0 Å². The van der Waals surface area contributed by atoms with E-state index in [-0.39, 0.29) is 5.82 Å². The molecule has 0 aliphatic heterocycles. The number of halogens is 2. The van der Waals surface area contributed by atoms with Crippen molar-refractivity contribution in [1.82, 2.24) is 9.55 Å². The zero-order valence-electron chi connectivity index (χ0n) is 9.98. The molecule has 0 aliphatic carbocycles. The Hall–Kier alpha value is -1.20. The van der Waals surface area contributed by atoms with Gasteiger partial charge in [0.1, 0.15) is 17.7 Å². The molecule has 1 aromatic carbocycles. The molecule has 3 nitrogen and oxygen atoms in total. The Morgan fingerprint density at radius 1 is 1.50 bits per heavy atom. The summed E-state index contributed by atoms with van der Waals surface area (Å²) in [4.78, 5) is 4.11. The third kappa shape index (κ3) is 2.79. The zero-order valence-corrected chi connectivity index (χ0v) is 11.6. The number of hydrogen-bond donors (Lipinski definition) is 1. The van der Waals surface area contributed by atoms with E-state index >= 15 is 0 Å². The molecular weight excluding hydrogens is 299 g/mol. The Morgan fingerprint density at radius 3 is 3.00 bits per heavy atom. The molecule has 2 rings (SSSR count). The molecule has 96 valence electrons. The van der Waals surface area contributed by atoms with Crippen LogP contribution in [0.2, 0.25) is 0 Å². The molecule has 0 bridgehead atoms. The van der Waals surface area contributed by atoms with Crippen LogP contribution in [-0.4, -0.2) is 14.7 Å². The first-order chi connectivity index (χ1) is 8.61. The van der Waals surface area contributed by atoms with Gasteiger partial charge in [-0.1, -0.05) is 22.9 Å². The minimum absolute atomic E-state index is 0.260. The van der Waals surface area contributed by atoms with Gasteiger partial charge in [0.15, 0.2) is 0 Å². The average Bonchev–Trinajstić information content (AvgIpc) is 2.81. The third-order valence-corrected chi connectivity index (χ3v) is 3.27. The van der Waals surface area contributed by atoms with Crippen molar-refractivity contribution in [1.29, 1.82) is 0 Å². The standard InChI is InChI=1S/C13H14BrFN2O/c1-2-12(18)13-16-5-6-17(13)8-9-7-10(14)3-4-11(9)15/h3-7,12,18H,2,8H2,1H3/t12-/m0/s1. The number of rotatable bonds is 4. The topological polar surface area (TPSA) is 38.1 Å². The summed E-state index contributed by atoms with van der Waals surface area (Å²) >= 11 is 3.32. The van der Waals surface area contributed by atoms with Crippen molar-refractivity contribution in [3.63, 3.8) is 0 Å². The molecule has 0 amide bonds. The number of nitrogens with zero attached hydrogens (tertiary/aromatic N) is 2. The molecule has 5 heteroatoms. The van der Waals surface area contributed by atoms with Gasteiger partial charge < -0.3 is 9.67 Å². The average molecular weight is 313 g/mol. The molecule has 2 aromatic rings. The number of aliphatic hydroxyl groups is 1. The lowest BCUT2D eigenvalue weighted by Crippen LogP contribution is -2.09. The second-order valence-corrected chi connectivity index (χ2v) is 4.99. The van der Waals surface area contributed by atoms with Crippen LogP contribution in [0.25, 0.3) is 0 Å². The summed E-state index contributed by atoms with van der Waals surface area (Å²) < 4.78 is 16.3. The fourth-order valence-electron chi connectivity index (χ4n) is 1.78. The van der Waals surface area contributed by atoms with Crippen LogP contribution in [0.3, 0.4) is 0 Å². The van der Waals surface area contributed by atoms with Crippen LogP contribution in [0, 0.1) is 5.82 Å². The monoisotopic (exact) mass is 312 g/mol. The van der Waals surface area contributed by atoms with Gasteiger partial charge in [0.05, 0.1) is 6.54 Å². The van der Waals surface area contributed by atoms with Gasteiger partial charge in [0.25, 0.3) is 0 Å². The van der Waals surface area contributed by atoms with E-state index in [1.807, 2.05) is 6.92 Å². The summed E-state index contributed by atoms with van der Waals surface area (Å²) in [6.45, 7) is 2.24. The maximum Gasteiger partial charge on any atom is 0.137 e. The fourth-order valence-corrected chi connectivity index (χ4v) is 2.19. The number of benzene rings is 1. The number of hydrogen-bond acceptors (Lipinski definition) is 2. The zero-order chi connectivity index (χ0) is 13.1. The van der Waals surface area contributed by atoms with Crippen molar-refractivity contribution in [2.75, 3.05) is 0 Å². The lowest BCUT2D eigenvalue weighted by atomic mass is 10.2. The number of aliphatic hydroxyl groups excluding tert-OH is 1. The highest BCUT2D eigenvalue weighted by molar-refractivity contribution is 9.10. The Kier molecular flexibility index (Phi) is 4.14. The van der Waals surface area contributed by atoms with E-state index in [0.717, 1.165) is 4.47 Å².